The predicted octanol–water partition coefficient (Wildman–Crippen LogP) is 2.33. The van der Waals surface area contributed by atoms with Crippen LogP contribution >= 0.6 is 0 Å². The fraction of sp³-hybridized carbons (Fsp3) is 0.533. The lowest BCUT2D eigenvalue weighted by molar-refractivity contribution is -0.00545. The van der Waals surface area contributed by atoms with Crippen molar-refractivity contribution in [2.24, 2.45) is 0 Å². The molecule has 1 fully saturated rings. The Labute approximate surface area is 117 Å². The lowest BCUT2D eigenvalue weighted by Crippen LogP contribution is -2.52. The zero-order chi connectivity index (χ0) is 14.2. The van der Waals surface area contributed by atoms with Crippen LogP contribution < -0.4 is 5.32 Å². The molecule has 2 aliphatic heterocycles. The highest BCUT2D eigenvalue weighted by atomic mass is 19.1. The standard InChI is InChI=1S/C15H18FNO3/c1-2-20-14(18)10-3-4-12-11(7-10)8-15(17-12)5-6-19-9-13(15)16/h3-4,7,13,17H,2,5-6,8-9H2,1H3. The fourth-order valence-electron chi connectivity index (χ4n) is 2.95. The Morgan fingerprint density at radius 3 is 3.20 bits per heavy atom. The number of hydrogen-bond donors (Lipinski definition) is 1. The van der Waals surface area contributed by atoms with E-state index < -0.39 is 11.7 Å². The molecule has 2 aliphatic rings. The van der Waals surface area contributed by atoms with Crippen LogP contribution in [0, 0.1) is 0 Å². The van der Waals surface area contributed by atoms with Gasteiger partial charge in [0.15, 0.2) is 0 Å². The van der Waals surface area contributed by atoms with Crippen LogP contribution in [0.25, 0.3) is 0 Å². The lowest BCUT2D eigenvalue weighted by Gasteiger charge is -2.37. The molecule has 0 saturated carbocycles. The van der Waals surface area contributed by atoms with E-state index in [2.05, 4.69) is 5.32 Å². The number of esters is 1. The van der Waals surface area contributed by atoms with Crippen LogP contribution in [0.4, 0.5) is 10.1 Å². The number of anilines is 1. The summed E-state index contributed by atoms with van der Waals surface area (Å²) < 4.78 is 24.4. The van der Waals surface area contributed by atoms with Crippen LogP contribution in [-0.4, -0.2) is 37.5 Å². The largest absolute Gasteiger partial charge is 0.462 e. The molecule has 1 aromatic carbocycles. The molecule has 0 radical (unpaired) electrons. The minimum absolute atomic E-state index is 0.131. The van der Waals surface area contributed by atoms with Gasteiger partial charge in [0.25, 0.3) is 0 Å². The van der Waals surface area contributed by atoms with Gasteiger partial charge in [-0.25, -0.2) is 9.18 Å². The second kappa shape index (κ2) is 5.05. The SMILES string of the molecule is CCOC(=O)c1ccc2c(c1)CC1(CCOCC1F)N2. The number of nitrogens with one attached hydrogen (secondary N) is 1. The van der Waals surface area contributed by atoms with Crippen LogP contribution in [-0.2, 0) is 15.9 Å². The maximum absolute atomic E-state index is 14.2. The summed E-state index contributed by atoms with van der Waals surface area (Å²) in [6.07, 6.45) is 0.187. The van der Waals surface area contributed by atoms with Crippen molar-refractivity contribution >= 4 is 11.7 Å². The van der Waals surface area contributed by atoms with Crippen LogP contribution in [0.1, 0.15) is 29.3 Å². The molecule has 2 heterocycles. The number of carbonyl (C=O) groups is 1. The van der Waals surface area contributed by atoms with E-state index in [1.165, 1.54) is 0 Å². The lowest BCUT2D eigenvalue weighted by atomic mass is 9.85. The second-order valence-corrected chi connectivity index (χ2v) is 5.34. The number of alkyl halides is 1. The maximum atomic E-state index is 14.2. The van der Waals surface area contributed by atoms with Crippen molar-refractivity contribution in [2.75, 3.05) is 25.1 Å². The normalized spacial score (nSPS) is 28.0. The van der Waals surface area contributed by atoms with E-state index in [1.807, 2.05) is 6.07 Å². The van der Waals surface area contributed by atoms with Gasteiger partial charge >= 0.3 is 5.97 Å². The predicted molar refractivity (Wildman–Crippen MR) is 72.8 cm³/mol. The van der Waals surface area contributed by atoms with Gasteiger partial charge in [-0.15, -0.1) is 0 Å². The van der Waals surface area contributed by atoms with Gasteiger partial charge in [0, 0.05) is 18.7 Å². The van der Waals surface area contributed by atoms with E-state index in [4.69, 9.17) is 9.47 Å². The quantitative estimate of drug-likeness (QED) is 0.844. The first kappa shape index (κ1) is 13.4. The average Bonchev–Trinajstić information content (AvgIpc) is 2.80. The molecule has 1 aromatic rings. The van der Waals surface area contributed by atoms with E-state index >= 15 is 0 Å². The molecule has 0 amide bonds. The summed E-state index contributed by atoms with van der Waals surface area (Å²) >= 11 is 0. The third-order valence-electron chi connectivity index (χ3n) is 4.06. The van der Waals surface area contributed by atoms with Crippen molar-refractivity contribution < 1.29 is 18.7 Å². The van der Waals surface area contributed by atoms with E-state index in [-0.39, 0.29) is 12.6 Å². The number of carbonyl (C=O) groups excluding carboxylic acids is 1. The zero-order valence-corrected chi connectivity index (χ0v) is 11.4. The van der Waals surface area contributed by atoms with Gasteiger partial charge in [0.2, 0.25) is 0 Å². The van der Waals surface area contributed by atoms with Gasteiger partial charge in [0.1, 0.15) is 6.17 Å². The van der Waals surface area contributed by atoms with Gasteiger partial charge in [-0.1, -0.05) is 0 Å². The molecule has 1 spiro atoms. The van der Waals surface area contributed by atoms with Crippen molar-refractivity contribution in [3.05, 3.63) is 29.3 Å². The monoisotopic (exact) mass is 279 g/mol. The first-order valence-electron chi connectivity index (χ1n) is 6.95. The van der Waals surface area contributed by atoms with Crippen molar-refractivity contribution in [3.63, 3.8) is 0 Å². The number of benzene rings is 1. The zero-order valence-electron chi connectivity index (χ0n) is 11.4. The first-order chi connectivity index (χ1) is 9.64. The number of halogens is 1. The third kappa shape index (κ3) is 2.16. The molecule has 1 N–H and O–H groups in total. The molecule has 4 nitrogen and oxygen atoms in total. The molecule has 1 saturated heterocycles. The summed E-state index contributed by atoms with van der Waals surface area (Å²) in [5, 5.41) is 3.29. The van der Waals surface area contributed by atoms with Crippen molar-refractivity contribution in [2.45, 2.75) is 31.5 Å². The molecule has 2 unspecified atom stereocenters. The maximum Gasteiger partial charge on any atom is 0.338 e. The van der Waals surface area contributed by atoms with Crippen LogP contribution in [0.3, 0.4) is 0 Å². The Morgan fingerprint density at radius 1 is 1.60 bits per heavy atom. The first-order valence-corrected chi connectivity index (χ1v) is 6.95. The summed E-state index contributed by atoms with van der Waals surface area (Å²) in [5.41, 5.74) is 1.82. The molecule has 108 valence electrons. The Morgan fingerprint density at radius 2 is 2.45 bits per heavy atom. The second-order valence-electron chi connectivity index (χ2n) is 5.34. The van der Waals surface area contributed by atoms with Crippen molar-refractivity contribution in [1.82, 2.24) is 0 Å². The average molecular weight is 279 g/mol. The number of rotatable bonds is 2. The van der Waals surface area contributed by atoms with Gasteiger partial charge in [0.05, 0.1) is 24.3 Å². The molecule has 5 heteroatoms. The van der Waals surface area contributed by atoms with Gasteiger partial charge in [-0.05, 0) is 37.1 Å². The van der Waals surface area contributed by atoms with E-state index in [0.29, 0.717) is 31.6 Å². The topological polar surface area (TPSA) is 47.6 Å². The molecule has 0 aliphatic carbocycles. The highest BCUT2D eigenvalue weighted by Gasteiger charge is 2.46. The molecule has 0 aromatic heterocycles. The van der Waals surface area contributed by atoms with Crippen LogP contribution in [0.2, 0.25) is 0 Å². The summed E-state index contributed by atoms with van der Waals surface area (Å²) in [6.45, 7) is 2.82. The van der Waals surface area contributed by atoms with E-state index in [1.54, 1.807) is 19.1 Å². The van der Waals surface area contributed by atoms with Gasteiger partial charge < -0.3 is 14.8 Å². The minimum Gasteiger partial charge on any atom is -0.462 e. The summed E-state index contributed by atoms with van der Waals surface area (Å²) in [7, 11) is 0. The summed E-state index contributed by atoms with van der Waals surface area (Å²) in [5.74, 6) is -0.333. The smallest absolute Gasteiger partial charge is 0.338 e. The van der Waals surface area contributed by atoms with Crippen LogP contribution in [0.5, 0.6) is 0 Å². The highest BCUT2D eigenvalue weighted by molar-refractivity contribution is 5.90. The Hall–Kier alpha value is -1.62. The van der Waals surface area contributed by atoms with E-state index in [0.717, 1.165) is 11.3 Å². The highest BCUT2D eigenvalue weighted by Crippen LogP contribution is 2.40. The molecular weight excluding hydrogens is 261 g/mol. The Bertz CT molecular complexity index is 534. The molecular formula is C15H18FNO3. The van der Waals surface area contributed by atoms with E-state index in [9.17, 15) is 9.18 Å². The Kier molecular flexibility index (Phi) is 3.38. The van der Waals surface area contributed by atoms with Crippen molar-refractivity contribution in [1.29, 1.82) is 0 Å². The van der Waals surface area contributed by atoms with Gasteiger partial charge in [-0.3, -0.25) is 0 Å². The molecule has 20 heavy (non-hydrogen) atoms. The Balaban J connectivity index is 1.84. The fourth-order valence-corrected chi connectivity index (χ4v) is 2.95. The minimum atomic E-state index is -1.03. The number of ether oxygens (including phenoxy) is 2. The molecule has 0 bridgehead atoms. The van der Waals surface area contributed by atoms with Crippen LogP contribution in [0.15, 0.2) is 18.2 Å². The molecule has 2 atom stereocenters. The van der Waals surface area contributed by atoms with Crippen molar-refractivity contribution in [3.8, 4) is 0 Å². The summed E-state index contributed by atoms with van der Waals surface area (Å²) in [6, 6.07) is 5.35. The summed E-state index contributed by atoms with van der Waals surface area (Å²) in [4.78, 5) is 11.7. The molecule has 3 rings (SSSR count). The number of hydrogen-bond acceptors (Lipinski definition) is 4. The van der Waals surface area contributed by atoms with Gasteiger partial charge in [-0.2, -0.15) is 0 Å². The third-order valence-corrected chi connectivity index (χ3v) is 4.06. The number of fused-ring (bicyclic) bond motifs is 1.